The summed E-state index contributed by atoms with van der Waals surface area (Å²) in [4.78, 5) is 0. The molecule has 2 nitrogen and oxygen atoms in total. The largest absolute Gasteiger partial charge is 0.362 e. The number of hydrogen-bond acceptors (Lipinski definition) is 2. The summed E-state index contributed by atoms with van der Waals surface area (Å²) < 4.78 is 5.41. The van der Waals surface area contributed by atoms with E-state index in [4.69, 9.17) is 4.74 Å². The second kappa shape index (κ2) is 5.13. The summed E-state index contributed by atoms with van der Waals surface area (Å²) in [6, 6.07) is 9.54. The number of hydrogen-bond donors (Lipinski definition) is 1. The molecule has 1 aromatic rings. The highest BCUT2D eigenvalue weighted by Crippen LogP contribution is 2.27. The van der Waals surface area contributed by atoms with Gasteiger partial charge in [-0.3, -0.25) is 0 Å². The average Bonchev–Trinajstić information content (AvgIpc) is 2.20. The van der Waals surface area contributed by atoms with Gasteiger partial charge in [0, 0.05) is 18.6 Å². The van der Waals surface area contributed by atoms with E-state index in [1.807, 2.05) is 44.2 Å². The molecule has 1 rings (SSSR count). The van der Waals surface area contributed by atoms with E-state index in [1.54, 1.807) is 0 Å². The Labute approximate surface area is 85.5 Å². The molecule has 0 radical (unpaired) electrons. The van der Waals surface area contributed by atoms with E-state index < -0.39 is 5.79 Å². The zero-order valence-electron chi connectivity index (χ0n) is 8.86. The molecule has 2 heteroatoms. The van der Waals surface area contributed by atoms with Crippen LogP contribution in [0.25, 0.3) is 0 Å². The fraction of sp³-hybridized carbons (Fsp3) is 0.500. The van der Waals surface area contributed by atoms with Crippen LogP contribution in [0.5, 0.6) is 0 Å². The molecule has 0 spiro atoms. The molecule has 14 heavy (non-hydrogen) atoms. The van der Waals surface area contributed by atoms with Crippen LogP contribution in [-0.2, 0) is 10.5 Å². The lowest BCUT2D eigenvalue weighted by molar-refractivity contribution is -0.214. The Balaban J connectivity index is 2.87. The Morgan fingerprint density at radius 1 is 1.21 bits per heavy atom. The summed E-state index contributed by atoms with van der Waals surface area (Å²) in [5.74, 6) is -1.11. The summed E-state index contributed by atoms with van der Waals surface area (Å²) in [7, 11) is 0. The predicted molar refractivity (Wildman–Crippen MR) is 56.9 cm³/mol. The van der Waals surface area contributed by atoms with Crippen LogP contribution in [-0.4, -0.2) is 11.7 Å². The quantitative estimate of drug-likeness (QED) is 0.730. The van der Waals surface area contributed by atoms with Crippen molar-refractivity contribution in [1.29, 1.82) is 0 Å². The molecule has 78 valence electrons. The van der Waals surface area contributed by atoms with Crippen molar-refractivity contribution in [3.63, 3.8) is 0 Å². The van der Waals surface area contributed by atoms with Crippen molar-refractivity contribution < 1.29 is 9.84 Å². The topological polar surface area (TPSA) is 29.5 Å². The molecule has 1 unspecified atom stereocenters. The van der Waals surface area contributed by atoms with Crippen molar-refractivity contribution in [3.8, 4) is 0 Å². The molecule has 1 atom stereocenters. The lowest BCUT2D eigenvalue weighted by Gasteiger charge is -2.27. The fourth-order valence-corrected chi connectivity index (χ4v) is 1.58. The van der Waals surface area contributed by atoms with Crippen molar-refractivity contribution in [2.45, 2.75) is 32.5 Å². The minimum absolute atomic E-state index is 0.519. The maximum Gasteiger partial charge on any atom is 0.192 e. The van der Waals surface area contributed by atoms with Gasteiger partial charge in [-0.05, 0) is 6.92 Å². The Morgan fingerprint density at radius 3 is 2.36 bits per heavy atom. The van der Waals surface area contributed by atoms with Gasteiger partial charge in [0.25, 0.3) is 0 Å². The first kappa shape index (κ1) is 11.2. The van der Waals surface area contributed by atoms with Crippen LogP contribution in [0.4, 0.5) is 0 Å². The Morgan fingerprint density at radius 2 is 1.86 bits per heavy atom. The molecule has 0 aliphatic rings. The highest BCUT2D eigenvalue weighted by Gasteiger charge is 2.28. The van der Waals surface area contributed by atoms with Gasteiger partial charge < -0.3 is 9.84 Å². The van der Waals surface area contributed by atoms with E-state index in [9.17, 15) is 5.11 Å². The average molecular weight is 194 g/mol. The zero-order chi connectivity index (χ0) is 10.4. The molecular formula is C12H18O2. The normalized spacial score (nSPS) is 15.1. The van der Waals surface area contributed by atoms with E-state index in [1.165, 1.54) is 0 Å². The van der Waals surface area contributed by atoms with Gasteiger partial charge in [0.2, 0.25) is 0 Å². The molecule has 0 aromatic heterocycles. The second-order valence-corrected chi connectivity index (χ2v) is 3.33. The first-order valence-electron chi connectivity index (χ1n) is 5.14. The summed E-state index contributed by atoms with van der Waals surface area (Å²) in [5, 5.41) is 10.3. The summed E-state index contributed by atoms with van der Waals surface area (Å²) in [5.41, 5.74) is 0.837. The van der Waals surface area contributed by atoms with Crippen molar-refractivity contribution in [1.82, 2.24) is 0 Å². The van der Waals surface area contributed by atoms with Gasteiger partial charge in [-0.15, -0.1) is 0 Å². The van der Waals surface area contributed by atoms with Crippen molar-refractivity contribution in [3.05, 3.63) is 35.9 Å². The van der Waals surface area contributed by atoms with E-state index in [0.717, 1.165) is 12.0 Å². The maximum atomic E-state index is 10.3. The van der Waals surface area contributed by atoms with Crippen LogP contribution in [0.3, 0.4) is 0 Å². The van der Waals surface area contributed by atoms with Crippen molar-refractivity contribution in [2.24, 2.45) is 0 Å². The number of benzene rings is 1. The summed E-state index contributed by atoms with van der Waals surface area (Å²) in [6.45, 7) is 4.45. The first-order chi connectivity index (χ1) is 6.73. The van der Waals surface area contributed by atoms with Gasteiger partial charge in [0.15, 0.2) is 5.79 Å². The van der Waals surface area contributed by atoms with Crippen LogP contribution >= 0.6 is 0 Å². The monoisotopic (exact) mass is 194 g/mol. The number of rotatable bonds is 5. The minimum Gasteiger partial charge on any atom is -0.362 e. The highest BCUT2D eigenvalue weighted by atomic mass is 16.6. The highest BCUT2D eigenvalue weighted by molar-refractivity contribution is 5.19. The third-order valence-electron chi connectivity index (χ3n) is 2.20. The molecule has 1 aromatic carbocycles. The van der Waals surface area contributed by atoms with Gasteiger partial charge in [-0.1, -0.05) is 43.7 Å². The minimum atomic E-state index is -1.11. The molecule has 0 amide bonds. The second-order valence-electron chi connectivity index (χ2n) is 3.33. The molecular weight excluding hydrogens is 176 g/mol. The van der Waals surface area contributed by atoms with Gasteiger partial charge >= 0.3 is 0 Å². The van der Waals surface area contributed by atoms with Crippen molar-refractivity contribution >= 4 is 0 Å². The smallest absolute Gasteiger partial charge is 0.192 e. The van der Waals surface area contributed by atoms with Crippen LogP contribution in [0.2, 0.25) is 0 Å². The molecule has 0 saturated carbocycles. The SMILES string of the molecule is CCCC(O)(OCC)c1ccccc1. The summed E-state index contributed by atoms with van der Waals surface area (Å²) >= 11 is 0. The first-order valence-corrected chi connectivity index (χ1v) is 5.14. The third kappa shape index (κ3) is 2.56. The Hall–Kier alpha value is -0.860. The molecule has 0 aliphatic heterocycles. The fourth-order valence-electron chi connectivity index (χ4n) is 1.58. The standard InChI is InChI=1S/C12H18O2/c1-3-10-12(13,14-4-2)11-8-6-5-7-9-11/h5-9,13H,3-4,10H2,1-2H3. The van der Waals surface area contributed by atoms with Gasteiger partial charge in [0.05, 0.1) is 0 Å². The molecule has 0 bridgehead atoms. The molecule has 0 fully saturated rings. The lowest BCUT2D eigenvalue weighted by Crippen LogP contribution is -2.29. The van der Waals surface area contributed by atoms with Gasteiger partial charge in [-0.25, -0.2) is 0 Å². The van der Waals surface area contributed by atoms with Gasteiger partial charge in [-0.2, -0.15) is 0 Å². The van der Waals surface area contributed by atoms with Gasteiger partial charge in [0.1, 0.15) is 0 Å². The number of ether oxygens (including phenoxy) is 1. The molecule has 0 aliphatic carbocycles. The van der Waals surface area contributed by atoms with E-state index in [-0.39, 0.29) is 0 Å². The Bertz CT molecular complexity index is 250. The zero-order valence-corrected chi connectivity index (χ0v) is 8.86. The molecule has 1 N–H and O–H groups in total. The lowest BCUT2D eigenvalue weighted by atomic mass is 10.0. The van der Waals surface area contributed by atoms with E-state index >= 15 is 0 Å². The van der Waals surface area contributed by atoms with E-state index in [0.29, 0.717) is 13.0 Å². The molecule has 0 heterocycles. The van der Waals surface area contributed by atoms with Crippen molar-refractivity contribution in [2.75, 3.05) is 6.61 Å². The maximum absolute atomic E-state index is 10.3. The molecule has 0 saturated heterocycles. The van der Waals surface area contributed by atoms with Crippen LogP contribution < -0.4 is 0 Å². The van der Waals surface area contributed by atoms with Crippen LogP contribution in [0.15, 0.2) is 30.3 Å². The van der Waals surface area contributed by atoms with Crippen LogP contribution in [0, 0.1) is 0 Å². The van der Waals surface area contributed by atoms with E-state index in [2.05, 4.69) is 0 Å². The number of aliphatic hydroxyl groups is 1. The summed E-state index contributed by atoms with van der Waals surface area (Å²) in [6.07, 6.45) is 1.52. The predicted octanol–water partition coefficient (Wildman–Crippen LogP) is 2.67. The third-order valence-corrected chi connectivity index (χ3v) is 2.20. The Kier molecular flexibility index (Phi) is 4.11. The van der Waals surface area contributed by atoms with Crippen LogP contribution in [0.1, 0.15) is 32.3 Å².